The summed E-state index contributed by atoms with van der Waals surface area (Å²) in [5.74, 6) is -0.0372. The highest BCUT2D eigenvalue weighted by molar-refractivity contribution is 9.09. The maximum atomic E-state index is 11.8. The molecule has 1 heterocycles. The summed E-state index contributed by atoms with van der Waals surface area (Å²) in [6.07, 6.45) is 0.947. The molecule has 108 valence electrons. The Bertz CT molecular complexity index is 518. The van der Waals surface area contributed by atoms with Gasteiger partial charge in [-0.3, -0.25) is 4.79 Å². The van der Waals surface area contributed by atoms with Gasteiger partial charge in [0.2, 0.25) is 0 Å². The molecule has 1 amide bonds. The maximum absolute atomic E-state index is 11.8. The van der Waals surface area contributed by atoms with E-state index in [9.17, 15) is 9.59 Å². The van der Waals surface area contributed by atoms with Crippen LogP contribution >= 0.6 is 15.9 Å². The van der Waals surface area contributed by atoms with Gasteiger partial charge in [-0.05, 0) is 38.0 Å². The zero-order valence-corrected chi connectivity index (χ0v) is 12.7. The zero-order chi connectivity index (χ0) is 14.5. The fourth-order valence-corrected chi connectivity index (χ4v) is 2.26. The third-order valence-corrected chi connectivity index (χ3v) is 3.47. The Balaban J connectivity index is 2.17. The molecule has 20 heavy (non-hydrogen) atoms. The van der Waals surface area contributed by atoms with E-state index in [-0.39, 0.29) is 5.91 Å². The van der Waals surface area contributed by atoms with Crippen molar-refractivity contribution in [2.24, 2.45) is 0 Å². The summed E-state index contributed by atoms with van der Waals surface area (Å²) in [6, 6.07) is 4.87. The molecule has 1 N–H and O–H groups in total. The lowest BCUT2D eigenvalue weighted by Crippen LogP contribution is -2.37. The van der Waals surface area contributed by atoms with Gasteiger partial charge < -0.3 is 14.8 Å². The third-order valence-electron chi connectivity index (χ3n) is 2.91. The Morgan fingerprint density at radius 2 is 2.30 bits per heavy atom. The Labute approximate surface area is 125 Å². The van der Waals surface area contributed by atoms with Crippen LogP contribution in [-0.2, 0) is 9.53 Å². The van der Waals surface area contributed by atoms with Gasteiger partial charge in [-0.25, -0.2) is 4.79 Å². The average Bonchev–Trinajstić information content (AvgIpc) is 2.45. The lowest BCUT2D eigenvalue weighted by molar-refractivity contribution is -0.123. The maximum Gasteiger partial charge on any atom is 0.338 e. The summed E-state index contributed by atoms with van der Waals surface area (Å²) in [7, 11) is 0. The van der Waals surface area contributed by atoms with Crippen LogP contribution < -0.4 is 10.1 Å². The number of carbonyl (C=O) groups is 2. The predicted molar refractivity (Wildman–Crippen MR) is 78.5 cm³/mol. The minimum Gasteiger partial charge on any atom is -0.478 e. The molecule has 0 fully saturated rings. The van der Waals surface area contributed by atoms with Crippen molar-refractivity contribution in [1.29, 1.82) is 0 Å². The van der Waals surface area contributed by atoms with E-state index in [0.717, 1.165) is 11.8 Å². The molecular formula is C14H16BrNO4. The molecule has 1 atom stereocenters. The first-order valence-corrected chi connectivity index (χ1v) is 7.62. The quantitative estimate of drug-likeness (QED) is 0.660. The minimum absolute atomic E-state index is 0.151. The molecule has 1 unspecified atom stereocenters. The van der Waals surface area contributed by atoms with Gasteiger partial charge in [-0.15, -0.1) is 0 Å². The second-order valence-corrected chi connectivity index (χ2v) is 5.15. The van der Waals surface area contributed by atoms with E-state index in [1.54, 1.807) is 25.1 Å². The number of amides is 1. The molecule has 1 aliphatic rings. The number of anilines is 1. The van der Waals surface area contributed by atoms with Crippen LogP contribution in [0.25, 0.3) is 0 Å². The summed E-state index contributed by atoms with van der Waals surface area (Å²) < 4.78 is 10.6. The molecule has 0 bridgehead atoms. The number of carbonyl (C=O) groups excluding carboxylic acids is 2. The van der Waals surface area contributed by atoms with E-state index in [0.29, 0.717) is 30.0 Å². The molecule has 6 heteroatoms. The Kier molecular flexibility index (Phi) is 5.00. The van der Waals surface area contributed by atoms with Gasteiger partial charge in [0.1, 0.15) is 5.75 Å². The van der Waals surface area contributed by atoms with E-state index >= 15 is 0 Å². The van der Waals surface area contributed by atoms with E-state index in [1.165, 1.54) is 0 Å². The molecule has 1 aliphatic heterocycles. The van der Waals surface area contributed by atoms with Crippen molar-refractivity contribution in [2.45, 2.75) is 25.9 Å². The lowest BCUT2D eigenvalue weighted by Gasteiger charge is -2.26. The van der Waals surface area contributed by atoms with E-state index in [1.807, 2.05) is 0 Å². The van der Waals surface area contributed by atoms with Crippen molar-refractivity contribution in [3.63, 3.8) is 0 Å². The molecule has 2 rings (SSSR count). The Morgan fingerprint density at radius 3 is 3.00 bits per heavy atom. The predicted octanol–water partition coefficient (Wildman–Crippen LogP) is 2.74. The molecule has 0 saturated carbocycles. The third kappa shape index (κ3) is 3.30. The highest BCUT2D eigenvalue weighted by Gasteiger charge is 2.27. The molecule has 1 aromatic carbocycles. The number of nitrogens with one attached hydrogen (secondary N) is 1. The van der Waals surface area contributed by atoms with Crippen LogP contribution in [0.5, 0.6) is 5.75 Å². The molecule has 0 saturated heterocycles. The van der Waals surface area contributed by atoms with Crippen LogP contribution in [0.4, 0.5) is 5.69 Å². The summed E-state index contributed by atoms with van der Waals surface area (Å²) in [4.78, 5) is 23.5. The highest BCUT2D eigenvalue weighted by atomic mass is 79.9. The van der Waals surface area contributed by atoms with E-state index in [2.05, 4.69) is 21.2 Å². The van der Waals surface area contributed by atoms with Crippen molar-refractivity contribution in [1.82, 2.24) is 0 Å². The minimum atomic E-state index is -0.516. The zero-order valence-electron chi connectivity index (χ0n) is 11.1. The average molecular weight is 342 g/mol. The van der Waals surface area contributed by atoms with Gasteiger partial charge in [-0.2, -0.15) is 0 Å². The summed E-state index contributed by atoms with van der Waals surface area (Å²) in [5, 5.41) is 3.60. The molecule has 0 spiro atoms. The first-order chi connectivity index (χ1) is 9.65. The normalized spacial score (nSPS) is 16.9. The van der Waals surface area contributed by atoms with Crippen molar-refractivity contribution >= 4 is 33.5 Å². The van der Waals surface area contributed by atoms with Crippen molar-refractivity contribution < 1.29 is 19.1 Å². The number of ether oxygens (including phenoxy) is 2. The first-order valence-electron chi connectivity index (χ1n) is 6.50. The highest BCUT2D eigenvalue weighted by Crippen LogP contribution is 2.31. The topological polar surface area (TPSA) is 64.6 Å². The van der Waals surface area contributed by atoms with Crippen LogP contribution in [-0.4, -0.2) is 29.9 Å². The van der Waals surface area contributed by atoms with Crippen molar-refractivity contribution in [2.75, 3.05) is 17.3 Å². The van der Waals surface area contributed by atoms with Crippen LogP contribution in [0.1, 0.15) is 30.1 Å². The number of benzene rings is 1. The van der Waals surface area contributed by atoms with Crippen molar-refractivity contribution in [3.05, 3.63) is 23.8 Å². The van der Waals surface area contributed by atoms with Crippen LogP contribution in [0.15, 0.2) is 18.2 Å². The van der Waals surface area contributed by atoms with Crippen LogP contribution in [0, 0.1) is 0 Å². The van der Waals surface area contributed by atoms with Crippen molar-refractivity contribution in [3.8, 4) is 5.75 Å². The molecule has 0 aromatic heterocycles. The number of hydrogen-bond acceptors (Lipinski definition) is 4. The van der Waals surface area contributed by atoms with E-state index in [4.69, 9.17) is 9.47 Å². The molecule has 0 aliphatic carbocycles. The molecular weight excluding hydrogens is 326 g/mol. The SMILES string of the molecule is CCOC(=O)c1ccc2c(c1)OC(CCCBr)C(=O)N2. The molecule has 1 aromatic rings. The van der Waals surface area contributed by atoms with Gasteiger partial charge in [0.25, 0.3) is 5.91 Å². The van der Waals surface area contributed by atoms with Gasteiger partial charge >= 0.3 is 5.97 Å². The second kappa shape index (κ2) is 6.74. The van der Waals surface area contributed by atoms with Crippen LogP contribution in [0.2, 0.25) is 0 Å². The molecule has 5 nitrogen and oxygen atoms in total. The number of halogens is 1. The standard InChI is InChI=1S/C14H16BrNO4/c1-2-19-14(18)9-5-6-10-12(8-9)20-11(4-3-7-15)13(17)16-10/h5-6,8,11H,2-4,7H2,1H3,(H,16,17). The van der Waals surface area contributed by atoms with Gasteiger partial charge in [0.05, 0.1) is 17.9 Å². The largest absolute Gasteiger partial charge is 0.478 e. The monoisotopic (exact) mass is 341 g/mol. The summed E-state index contributed by atoms with van der Waals surface area (Å²) in [5.41, 5.74) is 0.999. The number of alkyl halides is 1. The van der Waals surface area contributed by atoms with E-state index < -0.39 is 12.1 Å². The second-order valence-electron chi connectivity index (χ2n) is 4.36. The number of fused-ring (bicyclic) bond motifs is 1. The Hall–Kier alpha value is -1.56. The first kappa shape index (κ1) is 14.8. The lowest BCUT2D eigenvalue weighted by atomic mass is 10.1. The van der Waals surface area contributed by atoms with Crippen LogP contribution in [0.3, 0.4) is 0 Å². The Morgan fingerprint density at radius 1 is 1.50 bits per heavy atom. The van der Waals surface area contributed by atoms with Gasteiger partial charge in [-0.1, -0.05) is 15.9 Å². The smallest absolute Gasteiger partial charge is 0.338 e. The fourth-order valence-electron chi connectivity index (χ4n) is 1.94. The van der Waals surface area contributed by atoms with Gasteiger partial charge in [0, 0.05) is 5.33 Å². The summed E-state index contributed by atoms with van der Waals surface area (Å²) >= 11 is 3.33. The number of hydrogen-bond donors (Lipinski definition) is 1. The number of rotatable bonds is 5. The fraction of sp³-hybridized carbons (Fsp3) is 0.429. The summed E-state index contributed by atoms with van der Waals surface area (Å²) in [6.45, 7) is 2.07. The number of esters is 1. The molecule has 0 radical (unpaired) electrons. The van der Waals surface area contributed by atoms with Gasteiger partial charge in [0.15, 0.2) is 6.10 Å².